The van der Waals surface area contributed by atoms with Crippen LogP contribution in [-0.4, -0.2) is 36.7 Å². The number of rotatable bonds is 5. The van der Waals surface area contributed by atoms with Crippen molar-refractivity contribution in [2.45, 2.75) is 19.6 Å². The molecule has 0 radical (unpaired) electrons. The van der Waals surface area contributed by atoms with Gasteiger partial charge in [0, 0.05) is 24.7 Å². The smallest absolute Gasteiger partial charge is 0.417 e. The molecule has 0 atom stereocenters. The number of halogens is 3. The Bertz CT molecular complexity index is 863. The van der Waals surface area contributed by atoms with Gasteiger partial charge in [-0.05, 0) is 18.6 Å². The summed E-state index contributed by atoms with van der Waals surface area (Å²) in [6.07, 6.45) is -3.98. The predicted molar refractivity (Wildman–Crippen MR) is 99.0 cm³/mol. The van der Waals surface area contributed by atoms with Crippen LogP contribution in [0.3, 0.4) is 0 Å². The van der Waals surface area contributed by atoms with E-state index in [2.05, 4.69) is 0 Å². The SMILES string of the molecule is CCN(Cc1cccc2c1OCCO2)C(=O)/C=C(/c1ccccc1)C(F)(F)F. The summed E-state index contributed by atoms with van der Waals surface area (Å²) in [6, 6.07) is 12.6. The number of carbonyl (C=O) groups is 1. The fraction of sp³-hybridized carbons (Fsp3) is 0.286. The van der Waals surface area contributed by atoms with Gasteiger partial charge in [-0.1, -0.05) is 42.5 Å². The van der Waals surface area contributed by atoms with Gasteiger partial charge in [0.05, 0.1) is 5.57 Å². The van der Waals surface area contributed by atoms with Crippen LogP contribution in [0.1, 0.15) is 18.1 Å². The first-order valence-electron chi connectivity index (χ1n) is 8.91. The summed E-state index contributed by atoms with van der Waals surface area (Å²) in [5, 5.41) is 0. The van der Waals surface area contributed by atoms with E-state index in [4.69, 9.17) is 9.47 Å². The maximum absolute atomic E-state index is 13.5. The summed E-state index contributed by atoms with van der Waals surface area (Å²) in [5.74, 6) is 0.388. The number of fused-ring (bicyclic) bond motifs is 1. The second-order valence-electron chi connectivity index (χ2n) is 6.22. The zero-order valence-electron chi connectivity index (χ0n) is 15.3. The highest BCUT2D eigenvalue weighted by Crippen LogP contribution is 2.35. The number of hydrogen-bond acceptors (Lipinski definition) is 3. The van der Waals surface area contributed by atoms with Crippen LogP contribution in [0.5, 0.6) is 11.5 Å². The number of amides is 1. The molecule has 4 nitrogen and oxygen atoms in total. The van der Waals surface area contributed by atoms with Crippen LogP contribution in [0, 0.1) is 0 Å². The number of benzene rings is 2. The maximum atomic E-state index is 13.5. The average molecular weight is 391 g/mol. The van der Waals surface area contributed by atoms with Crippen LogP contribution in [0.4, 0.5) is 13.2 Å². The van der Waals surface area contributed by atoms with E-state index in [1.165, 1.54) is 29.2 Å². The second kappa shape index (κ2) is 8.37. The Balaban J connectivity index is 1.88. The highest BCUT2D eigenvalue weighted by Gasteiger charge is 2.35. The van der Waals surface area contributed by atoms with E-state index in [0.717, 1.165) is 0 Å². The summed E-state index contributed by atoms with van der Waals surface area (Å²) in [7, 11) is 0. The zero-order valence-corrected chi connectivity index (χ0v) is 15.3. The Morgan fingerprint density at radius 2 is 1.79 bits per heavy atom. The standard InChI is InChI=1S/C21H20F3NO3/c1-2-25(14-16-9-6-10-18-20(16)28-12-11-27-18)19(26)13-17(21(22,23)24)15-7-4-3-5-8-15/h3-10,13H,2,11-12,14H2,1H3/b17-13-. The normalized spacial score (nSPS) is 13.9. The second-order valence-corrected chi connectivity index (χ2v) is 6.22. The Morgan fingerprint density at radius 1 is 1.07 bits per heavy atom. The van der Waals surface area contributed by atoms with Gasteiger partial charge in [0.25, 0.3) is 0 Å². The molecule has 0 bridgehead atoms. The monoisotopic (exact) mass is 391 g/mol. The molecule has 0 unspecified atom stereocenters. The lowest BCUT2D eigenvalue weighted by Crippen LogP contribution is -2.30. The third-order valence-electron chi connectivity index (χ3n) is 4.36. The number of ether oxygens (including phenoxy) is 2. The number of alkyl halides is 3. The molecule has 0 spiro atoms. The fourth-order valence-corrected chi connectivity index (χ4v) is 2.97. The lowest BCUT2D eigenvalue weighted by atomic mass is 10.0. The Hall–Kier alpha value is -2.96. The first kappa shape index (κ1) is 19.8. The van der Waals surface area contributed by atoms with Crippen LogP contribution in [-0.2, 0) is 11.3 Å². The summed E-state index contributed by atoms with van der Waals surface area (Å²) >= 11 is 0. The molecule has 28 heavy (non-hydrogen) atoms. The Kier molecular flexibility index (Phi) is 5.92. The van der Waals surface area contributed by atoms with E-state index in [-0.39, 0.29) is 18.7 Å². The first-order chi connectivity index (χ1) is 13.4. The van der Waals surface area contributed by atoms with Gasteiger partial charge in [0.15, 0.2) is 11.5 Å². The van der Waals surface area contributed by atoms with Crippen molar-refractivity contribution in [3.05, 3.63) is 65.7 Å². The van der Waals surface area contributed by atoms with E-state index >= 15 is 0 Å². The zero-order chi connectivity index (χ0) is 20.1. The van der Waals surface area contributed by atoms with Gasteiger partial charge in [0.1, 0.15) is 13.2 Å². The van der Waals surface area contributed by atoms with Crippen LogP contribution in [0.25, 0.3) is 5.57 Å². The van der Waals surface area contributed by atoms with Crippen molar-refractivity contribution in [3.63, 3.8) is 0 Å². The molecule has 2 aromatic rings. The third kappa shape index (κ3) is 4.47. The topological polar surface area (TPSA) is 38.8 Å². The maximum Gasteiger partial charge on any atom is 0.417 e. The number of allylic oxidation sites excluding steroid dienone is 1. The van der Waals surface area contributed by atoms with E-state index in [1.807, 2.05) is 0 Å². The number of carbonyl (C=O) groups excluding carboxylic acids is 1. The summed E-state index contributed by atoms with van der Waals surface area (Å²) in [4.78, 5) is 14.0. The van der Waals surface area contributed by atoms with Crippen LogP contribution in [0.2, 0.25) is 0 Å². The highest BCUT2D eigenvalue weighted by molar-refractivity contribution is 5.96. The quantitative estimate of drug-likeness (QED) is 0.707. The van der Waals surface area contributed by atoms with Gasteiger partial charge in [-0.2, -0.15) is 13.2 Å². The molecular formula is C21H20F3NO3. The highest BCUT2D eigenvalue weighted by atomic mass is 19.4. The van der Waals surface area contributed by atoms with Crippen molar-refractivity contribution in [2.75, 3.05) is 19.8 Å². The number of likely N-dealkylation sites (N-methyl/N-ethyl adjacent to an activating group) is 1. The van der Waals surface area contributed by atoms with E-state index < -0.39 is 17.7 Å². The van der Waals surface area contributed by atoms with Gasteiger partial charge in [-0.3, -0.25) is 4.79 Å². The molecule has 1 aliphatic heterocycles. The summed E-state index contributed by atoms with van der Waals surface area (Å²) in [5.41, 5.74) is -0.325. The number of hydrogen-bond donors (Lipinski definition) is 0. The van der Waals surface area contributed by atoms with Gasteiger partial charge in [-0.25, -0.2) is 0 Å². The fourth-order valence-electron chi connectivity index (χ4n) is 2.97. The molecular weight excluding hydrogens is 371 g/mol. The minimum absolute atomic E-state index is 0.0479. The van der Waals surface area contributed by atoms with Crippen molar-refractivity contribution in [1.82, 2.24) is 4.90 Å². The Labute approximate surface area is 161 Å². The summed E-state index contributed by atoms with van der Waals surface area (Å²) in [6.45, 7) is 2.91. The molecule has 1 aliphatic rings. The molecule has 7 heteroatoms. The molecule has 0 saturated carbocycles. The lowest BCUT2D eigenvalue weighted by molar-refractivity contribution is -0.126. The molecule has 0 aromatic heterocycles. The molecule has 0 saturated heterocycles. The van der Waals surface area contributed by atoms with Crippen LogP contribution < -0.4 is 9.47 Å². The van der Waals surface area contributed by atoms with E-state index in [9.17, 15) is 18.0 Å². The van der Waals surface area contributed by atoms with Crippen molar-refractivity contribution < 1.29 is 27.4 Å². The van der Waals surface area contributed by atoms with Crippen molar-refractivity contribution in [3.8, 4) is 11.5 Å². The average Bonchev–Trinajstić information content (AvgIpc) is 2.70. The Morgan fingerprint density at radius 3 is 2.46 bits per heavy atom. The van der Waals surface area contributed by atoms with Crippen LogP contribution in [0.15, 0.2) is 54.6 Å². The first-order valence-corrected chi connectivity index (χ1v) is 8.91. The van der Waals surface area contributed by atoms with Crippen LogP contribution >= 0.6 is 0 Å². The number of nitrogens with zero attached hydrogens (tertiary/aromatic N) is 1. The molecule has 148 valence electrons. The minimum atomic E-state index is -4.64. The van der Waals surface area contributed by atoms with E-state index in [0.29, 0.717) is 36.4 Å². The molecule has 2 aromatic carbocycles. The van der Waals surface area contributed by atoms with E-state index in [1.54, 1.807) is 31.2 Å². The lowest BCUT2D eigenvalue weighted by Gasteiger charge is -2.25. The largest absolute Gasteiger partial charge is 0.486 e. The van der Waals surface area contributed by atoms with Gasteiger partial charge < -0.3 is 14.4 Å². The third-order valence-corrected chi connectivity index (χ3v) is 4.36. The summed E-state index contributed by atoms with van der Waals surface area (Å²) < 4.78 is 51.7. The molecule has 1 heterocycles. The van der Waals surface area contributed by atoms with Gasteiger partial charge in [-0.15, -0.1) is 0 Å². The molecule has 0 fully saturated rings. The van der Waals surface area contributed by atoms with Crippen molar-refractivity contribution >= 4 is 11.5 Å². The van der Waals surface area contributed by atoms with Gasteiger partial charge in [0.2, 0.25) is 5.91 Å². The van der Waals surface area contributed by atoms with Gasteiger partial charge >= 0.3 is 6.18 Å². The predicted octanol–water partition coefficient (Wildman–Crippen LogP) is 4.45. The minimum Gasteiger partial charge on any atom is -0.486 e. The molecule has 0 N–H and O–H groups in total. The number of para-hydroxylation sites is 1. The van der Waals surface area contributed by atoms with Crippen molar-refractivity contribution in [1.29, 1.82) is 0 Å². The molecule has 3 rings (SSSR count). The molecule has 1 amide bonds. The molecule has 0 aliphatic carbocycles. The van der Waals surface area contributed by atoms with Crippen molar-refractivity contribution in [2.24, 2.45) is 0 Å².